The van der Waals surface area contributed by atoms with E-state index < -0.39 is 24.0 Å². The molecule has 21 heavy (non-hydrogen) atoms. The van der Waals surface area contributed by atoms with Crippen LogP contribution in [0.25, 0.3) is 0 Å². The second-order valence-electron chi connectivity index (χ2n) is 4.94. The molecule has 1 aromatic heterocycles. The number of nitrogens with one attached hydrogen (secondary N) is 2. The van der Waals surface area contributed by atoms with Crippen LogP contribution in [0.2, 0.25) is 5.02 Å². The first kappa shape index (κ1) is 15.4. The van der Waals surface area contributed by atoms with Gasteiger partial charge in [-0.05, 0) is 25.8 Å². The molecule has 0 saturated heterocycles. The molecule has 1 aliphatic carbocycles. The summed E-state index contributed by atoms with van der Waals surface area (Å²) in [5.41, 5.74) is 0.224. The van der Waals surface area contributed by atoms with Gasteiger partial charge in [-0.25, -0.2) is 9.59 Å². The monoisotopic (exact) mass is 313 g/mol. The molecule has 3 amide bonds. The van der Waals surface area contributed by atoms with Gasteiger partial charge in [-0.2, -0.15) is 0 Å². The summed E-state index contributed by atoms with van der Waals surface area (Å²) < 4.78 is 6.50. The van der Waals surface area contributed by atoms with E-state index in [0.29, 0.717) is 5.02 Å². The predicted molar refractivity (Wildman–Crippen MR) is 75.0 cm³/mol. The molecular weight excluding hydrogens is 298 g/mol. The number of urea groups is 1. The number of ether oxygens (including phenoxy) is 1. The predicted octanol–water partition coefficient (Wildman–Crippen LogP) is 1.21. The van der Waals surface area contributed by atoms with Gasteiger partial charge in [0.1, 0.15) is 5.69 Å². The number of rotatable bonds is 4. The maximum absolute atomic E-state index is 11.9. The van der Waals surface area contributed by atoms with Crippen molar-refractivity contribution >= 4 is 29.5 Å². The van der Waals surface area contributed by atoms with Crippen LogP contribution in [-0.4, -0.2) is 34.6 Å². The summed E-state index contributed by atoms with van der Waals surface area (Å²) in [5.74, 6) is -1.36. The maximum Gasteiger partial charge on any atom is 0.355 e. The van der Waals surface area contributed by atoms with Gasteiger partial charge in [-0.15, -0.1) is 0 Å². The van der Waals surface area contributed by atoms with Gasteiger partial charge in [0.25, 0.3) is 5.91 Å². The van der Waals surface area contributed by atoms with Crippen LogP contribution in [0.5, 0.6) is 0 Å². The number of halogens is 1. The van der Waals surface area contributed by atoms with E-state index in [9.17, 15) is 14.4 Å². The number of esters is 1. The minimum absolute atomic E-state index is 0.140. The number of imide groups is 1. The molecule has 0 spiro atoms. The van der Waals surface area contributed by atoms with E-state index in [2.05, 4.69) is 10.6 Å². The molecular formula is C13H16ClN3O4. The van der Waals surface area contributed by atoms with E-state index >= 15 is 0 Å². The molecule has 1 saturated carbocycles. The highest BCUT2D eigenvalue weighted by Crippen LogP contribution is 2.18. The van der Waals surface area contributed by atoms with E-state index in [1.165, 1.54) is 17.6 Å². The van der Waals surface area contributed by atoms with Crippen LogP contribution < -0.4 is 10.6 Å². The Morgan fingerprint density at radius 3 is 2.62 bits per heavy atom. The fourth-order valence-corrected chi connectivity index (χ4v) is 1.91. The van der Waals surface area contributed by atoms with Crippen molar-refractivity contribution in [2.24, 2.45) is 7.05 Å². The summed E-state index contributed by atoms with van der Waals surface area (Å²) in [5, 5.41) is 5.13. The molecule has 0 bridgehead atoms. The van der Waals surface area contributed by atoms with Gasteiger partial charge in [-0.3, -0.25) is 10.1 Å². The van der Waals surface area contributed by atoms with Crippen molar-refractivity contribution in [2.45, 2.75) is 31.9 Å². The quantitative estimate of drug-likeness (QED) is 0.818. The lowest BCUT2D eigenvalue weighted by Crippen LogP contribution is -2.45. The molecule has 0 aromatic carbocycles. The van der Waals surface area contributed by atoms with Crippen molar-refractivity contribution in [3.63, 3.8) is 0 Å². The number of aromatic nitrogens is 1. The van der Waals surface area contributed by atoms with E-state index in [4.69, 9.17) is 16.3 Å². The first-order chi connectivity index (χ1) is 9.86. The van der Waals surface area contributed by atoms with Crippen LogP contribution in [0.3, 0.4) is 0 Å². The van der Waals surface area contributed by atoms with Crippen LogP contribution in [-0.2, 0) is 16.6 Å². The number of hydrogen-bond donors (Lipinski definition) is 2. The van der Waals surface area contributed by atoms with Gasteiger partial charge in [0, 0.05) is 19.3 Å². The molecule has 0 aliphatic heterocycles. The fraction of sp³-hybridized carbons (Fsp3) is 0.462. The summed E-state index contributed by atoms with van der Waals surface area (Å²) >= 11 is 5.77. The summed E-state index contributed by atoms with van der Waals surface area (Å²) in [6.45, 7) is 1.39. The maximum atomic E-state index is 11.9. The van der Waals surface area contributed by atoms with Gasteiger partial charge in [0.05, 0.1) is 5.02 Å². The third-order valence-electron chi connectivity index (χ3n) is 2.98. The molecule has 0 unspecified atom stereocenters. The van der Waals surface area contributed by atoms with Gasteiger partial charge in [0.15, 0.2) is 6.10 Å². The second kappa shape index (κ2) is 6.17. The lowest BCUT2D eigenvalue weighted by Gasteiger charge is -2.13. The Labute approximate surface area is 126 Å². The number of aryl methyl sites for hydroxylation is 1. The molecule has 0 radical (unpaired) electrons. The zero-order valence-corrected chi connectivity index (χ0v) is 12.4. The van der Waals surface area contributed by atoms with E-state index in [-0.39, 0.29) is 11.7 Å². The van der Waals surface area contributed by atoms with Crippen molar-refractivity contribution in [1.82, 2.24) is 15.2 Å². The zero-order chi connectivity index (χ0) is 15.6. The third-order valence-corrected chi connectivity index (χ3v) is 3.19. The number of amides is 3. The third kappa shape index (κ3) is 4.22. The number of carbonyl (C=O) groups is 3. The largest absolute Gasteiger partial charge is 0.448 e. The molecule has 1 fully saturated rings. The second-order valence-corrected chi connectivity index (χ2v) is 5.38. The molecule has 114 valence electrons. The highest BCUT2D eigenvalue weighted by Gasteiger charge is 2.26. The minimum atomic E-state index is -1.09. The van der Waals surface area contributed by atoms with Crippen molar-refractivity contribution in [3.05, 3.63) is 23.0 Å². The molecule has 7 nitrogen and oxygen atoms in total. The Bertz CT molecular complexity index is 580. The summed E-state index contributed by atoms with van der Waals surface area (Å²) in [4.78, 5) is 35.0. The molecule has 8 heteroatoms. The first-order valence-corrected chi connectivity index (χ1v) is 6.89. The Balaban J connectivity index is 1.86. The van der Waals surface area contributed by atoms with Crippen LogP contribution in [0.4, 0.5) is 4.79 Å². The summed E-state index contributed by atoms with van der Waals surface area (Å²) in [6.07, 6.45) is 2.29. The van der Waals surface area contributed by atoms with Crippen molar-refractivity contribution < 1.29 is 19.1 Å². The lowest BCUT2D eigenvalue weighted by molar-refractivity contribution is -0.127. The van der Waals surface area contributed by atoms with Crippen molar-refractivity contribution in [3.8, 4) is 0 Å². The molecule has 1 aromatic rings. The smallest absolute Gasteiger partial charge is 0.355 e. The summed E-state index contributed by atoms with van der Waals surface area (Å²) in [6, 6.07) is 1.00. The zero-order valence-electron chi connectivity index (χ0n) is 11.7. The molecule has 1 heterocycles. The van der Waals surface area contributed by atoms with Gasteiger partial charge >= 0.3 is 12.0 Å². The Hall–Kier alpha value is -2.02. The van der Waals surface area contributed by atoms with Crippen LogP contribution in [0, 0.1) is 0 Å². The number of hydrogen-bond acceptors (Lipinski definition) is 4. The van der Waals surface area contributed by atoms with Gasteiger partial charge < -0.3 is 14.6 Å². The molecule has 2 rings (SSSR count). The molecule has 1 aliphatic rings. The number of nitrogens with zero attached hydrogens (tertiary/aromatic N) is 1. The average molecular weight is 314 g/mol. The highest BCUT2D eigenvalue weighted by atomic mass is 35.5. The van der Waals surface area contributed by atoms with E-state index in [0.717, 1.165) is 12.8 Å². The number of carbonyl (C=O) groups excluding carboxylic acids is 3. The van der Waals surface area contributed by atoms with Crippen molar-refractivity contribution in [1.29, 1.82) is 0 Å². The van der Waals surface area contributed by atoms with Crippen LogP contribution >= 0.6 is 11.6 Å². The fourth-order valence-electron chi connectivity index (χ4n) is 1.66. The Morgan fingerprint density at radius 1 is 1.43 bits per heavy atom. The van der Waals surface area contributed by atoms with E-state index in [1.54, 1.807) is 13.2 Å². The van der Waals surface area contributed by atoms with Crippen LogP contribution in [0.1, 0.15) is 30.3 Å². The van der Waals surface area contributed by atoms with Crippen molar-refractivity contribution in [2.75, 3.05) is 0 Å². The SMILES string of the molecule is C[C@H](OC(=O)c1cc(Cl)cn1C)C(=O)NC(=O)NC1CC1. The van der Waals surface area contributed by atoms with Crippen LogP contribution in [0.15, 0.2) is 12.3 Å². The van der Waals surface area contributed by atoms with E-state index in [1.807, 2.05) is 0 Å². The summed E-state index contributed by atoms with van der Waals surface area (Å²) in [7, 11) is 1.64. The van der Waals surface area contributed by atoms with Gasteiger partial charge in [0.2, 0.25) is 0 Å². The molecule has 2 N–H and O–H groups in total. The van der Waals surface area contributed by atoms with Gasteiger partial charge in [-0.1, -0.05) is 11.6 Å². The highest BCUT2D eigenvalue weighted by molar-refractivity contribution is 6.31. The Morgan fingerprint density at radius 2 is 2.10 bits per heavy atom. The normalized spacial score (nSPS) is 15.2. The first-order valence-electron chi connectivity index (χ1n) is 6.51. The molecule has 1 atom stereocenters. The minimum Gasteiger partial charge on any atom is -0.448 e. The lowest BCUT2D eigenvalue weighted by atomic mass is 10.3. The standard InChI is InChI=1S/C13H16ClN3O4/c1-7(11(18)16-13(20)15-9-3-4-9)21-12(19)10-5-8(14)6-17(10)2/h5-7,9H,3-4H2,1-2H3,(H2,15,16,18,20)/t7-/m0/s1. The Kier molecular flexibility index (Phi) is 4.52. The average Bonchev–Trinajstić information content (AvgIpc) is 3.12. The topological polar surface area (TPSA) is 89.4 Å².